The zero-order valence-corrected chi connectivity index (χ0v) is 29.8. The van der Waals surface area contributed by atoms with E-state index in [1.807, 2.05) is 59.9 Å². The van der Waals surface area contributed by atoms with Gasteiger partial charge < -0.3 is 30.0 Å². The first kappa shape index (κ1) is 33.7. The number of carbonyl (C=O) groups excluding carboxylic acids is 2. The highest BCUT2D eigenvalue weighted by Crippen LogP contribution is 2.34. The summed E-state index contributed by atoms with van der Waals surface area (Å²) in [6, 6.07) is 8.05. The third kappa shape index (κ3) is 8.78. The van der Waals surface area contributed by atoms with Gasteiger partial charge in [-0.2, -0.15) is 0 Å². The van der Waals surface area contributed by atoms with E-state index < -0.39 is 11.2 Å². The Morgan fingerprint density at radius 2 is 1.80 bits per heavy atom. The number of H-pyrrole nitrogens is 1. The van der Waals surface area contributed by atoms with Crippen LogP contribution in [-0.4, -0.2) is 73.4 Å². The Morgan fingerprint density at radius 3 is 2.50 bits per heavy atom. The molecule has 2 aromatic rings. The van der Waals surface area contributed by atoms with Gasteiger partial charge >= 0.3 is 12.2 Å². The van der Waals surface area contributed by atoms with Gasteiger partial charge in [0.15, 0.2) is 0 Å². The van der Waals surface area contributed by atoms with Gasteiger partial charge in [0.05, 0.1) is 29.7 Å². The molecule has 3 aliphatic rings. The Balaban J connectivity index is 1.18. The summed E-state index contributed by atoms with van der Waals surface area (Å²) in [6.45, 7) is 13.1. The van der Waals surface area contributed by atoms with Crippen molar-refractivity contribution in [3.63, 3.8) is 0 Å². The van der Waals surface area contributed by atoms with Crippen molar-refractivity contribution in [2.24, 2.45) is 0 Å². The van der Waals surface area contributed by atoms with Gasteiger partial charge in [0, 0.05) is 34.9 Å². The highest BCUT2D eigenvalue weighted by molar-refractivity contribution is 14.1. The second-order valence-electron chi connectivity index (χ2n) is 13.8. The van der Waals surface area contributed by atoms with Gasteiger partial charge in [-0.15, -0.1) is 0 Å². The smallest absolute Gasteiger partial charge is 0.410 e. The molecule has 3 N–H and O–H groups in total. The van der Waals surface area contributed by atoms with Crippen LogP contribution in [0.3, 0.4) is 0 Å². The number of ether oxygens (including phenoxy) is 2. The van der Waals surface area contributed by atoms with Gasteiger partial charge in [-0.25, -0.2) is 14.6 Å². The second kappa shape index (κ2) is 14.0. The number of benzene rings is 1. The van der Waals surface area contributed by atoms with Gasteiger partial charge in [0.1, 0.15) is 23.2 Å². The lowest BCUT2D eigenvalue weighted by Gasteiger charge is -2.29. The minimum Gasteiger partial charge on any atom is -0.444 e. The van der Waals surface area contributed by atoms with E-state index in [1.165, 1.54) is 0 Å². The van der Waals surface area contributed by atoms with Crippen LogP contribution in [0.15, 0.2) is 36.0 Å². The number of carbonyl (C=O) groups is 2. The van der Waals surface area contributed by atoms with Crippen molar-refractivity contribution in [1.82, 2.24) is 30.4 Å². The van der Waals surface area contributed by atoms with Crippen LogP contribution >= 0.6 is 22.6 Å². The molecule has 0 spiro atoms. The number of likely N-dealkylation sites (tertiary alicyclic amines) is 1. The Kier molecular flexibility index (Phi) is 10.2. The number of alkyl halides is 1. The van der Waals surface area contributed by atoms with E-state index in [1.54, 1.807) is 9.80 Å². The molecule has 46 heavy (non-hydrogen) atoms. The van der Waals surface area contributed by atoms with E-state index in [4.69, 9.17) is 14.5 Å². The minimum absolute atomic E-state index is 0.100. The van der Waals surface area contributed by atoms with Crippen molar-refractivity contribution in [3.05, 3.63) is 64.4 Å². The van der Waals surface area contributed by atoms with Gasteiger partial charge in [-0.1, -0.05) is 46.6 Å². The summed E-state index contributed by atoms with van der Waals surface area (Å²) >= 11 is 2.27. The first-order valence-electron chi connectivity index (χ1n) is 16.0. The van der Waals surface area contributed by atoms with Crippen molar-refractivity contribution in [2.45, 2.75) is 90.6 Å². The van der Waals surface area contributed by atoms with E-state index in [0.717, 1.165) is 69.7 Å². The first-order chi connectivity index (χ1) is 21.8. The molecule has 246 valence electrons. The van der Waals surface area contributed by atoms with Crippen molar-refractivity contribution in [2.75, 3.05) is 24.1 Å². The number of hydrogen-bond donors (Lipinski definition) is 3. The van der Waals surface area contributed by atoms with Crippen LogP contribution in [0.4, 0.5) is 9.59 Å². The van der Waals surface area contributed by atoms with Crippen LogP contribution in [0.2, 0.25) is 0 Å². The number of nitrogens with one attached hydrogen (secondary N) is 3. The van der Waals surface area contributed by atoms with Crippen LogP contribution in [0.5, 0.6) is 0 Å². The number of halogens is 1. The zero-order chi connectivity index (χ0) is 33.1. The fraction of sp³-hybridized carbons (Fsp3) is 0.514. The summed E-state index contributed by atoms with van der Waals surface area (Å²) in [6.07, 6.45) is 6.76. The summed E-state index contributed by atoms with van der Waals surface area (Å²) < 4.78 is 12.1. The highest BCUT2D eigenvalue weighted by atomic mass is 127. The van der Waals surface area contributed by atoms with Crippen LogP contribution < -0.4 is 10.6 Å². The number of allylic oxidation sites excluding steroid dienone is 1. The molecule has 2 amide bonds. The maximum atomic E-state index is 12.8. The number of aromatic amines is 1. The largest absolute Gasteiger partial charge is 0.444 e. The maximum Gasteiger partial charge on any atom is 0.410 e. The molecule has 1 aromatic carbocycles. The molecule has 3 heterocycles. The molecule has 10 nitrogen and oxygen atoms in total. The molecule has 1 fully saturated rings. The van der Waals surface area contributed by atoms with Gasteiger partial charge in [0.25, 0.3) is 0 Å². The molecule has 2 aliphatic heterocycles. The minimum atomic E-state index is -0.535. The highest BCUT2D eigenvalue weighted by Gasteiger charge is 2.35. The monoisotopic (exact) mass is 740 g/mol. The fourth-order valence-electron chi connectivity index (χ4n) is 5.61. The fourth-order valence-corrected chi connectivity index (χ4v) is 6.19. The summed E-state index contributed by atoms with van der Waals surface area (Å²) in [5, 5.41) is 6.83. The number of hydrogen-bond acceptors (Lipinski definition) is 7. The van der Waals surface area contributed by atoms with Crippen LogP contribution in [0, 0.1) is 11.8 Å². The number of aryl methyl sites for hydroxylation is 1. The predicted molar refractivity (Wildman–Crippen MR) is 188 cm³/mol. The number of amides is 2. The van der Waals surface area contributed by atoms with Crippen LogP contribution in [-0.2, 0) is 15.9 Å². The molecule has 1 saturated heterocycles. The SMILES string of the molecule is CC(C)(C)OC(=O)N(CCI)CC1NC=C(c2ccc(C#CC3=Cc4[nH]c([C@@H]5CCCN5C(=O)OC(C)(C)C)nc4CC3)cc2)N1. The molecule has 0 radical (unpaired) electrons. The van der Waals surface area contributed by atoms with Crippen molar-refractivity contribution in [1.29, 1.82) is 0 Å². The zero-order valence-electron chi connectivity index (χ0n) is 27.6. The van der Waals surface area contributed by atoms with Gasteiger partial charge in [0.2, 0.25) is 0 Å². The van der Waals surface area contributed by atoms with E-state index in [-0.39, 0.29) is 24.4 Å². The molecule has 11 heteroatoms. The lowest BCUT2D eigenvalue weighted by Crippen LogP contribution is -2.48. The quantitative estimate of drug-likeness (QED) is 0.180. The molecule has 2 atom stereocenters. The summed E-state index contributed by atoms with van der Waals surface area (Å²) in [5.74, 6) is 7.49. The lowest BCUT2D eigenvalue weighted by molar-refractivity contribution is 0.0215. The normalized spacial score (nSPS) is 19.2. The Bertz CT molecular complexity index is 1550. The molecular formula is C35H45IN6O4. The molecule has 1 aliphatic carbocycles. The van der Waals surface area contributed by atoms with Crippen molar-refractivity contribution in [3.8, 4) is 11.8 Å². The number of imidazole rings is 1. The summed E-state index contributed by atoms with van der Waals surface area (Å²) in [7, 11) is 0. The molecule has 0 bridgehead atoms. The Hall–Kier alpha value is -3.66. The molecule has 1 aromatic heterocycles. The average molecular weight is 741 g/mol. The Morgan fingerprint density at radius 1 is 1.07 bits per heavy atom. The van der Waals surface area contributed by atoms with Crippen LogP contribution in [0.1, 0.15) is 95.2 Å². The molecule has 1 unspecified atom stereocenters. The number of fused-ring (bicyclic) bond motifs is 1. The van der Waals surface area contributed by atoms with Gasteiger partial charge in [-0.3, -0.25) is 4.90 Å². The topological polar surface area (TPSA) is 112 Å². The summed E-state index contributed by atoms with van der Waals surface area (Å²) in [4.78, 5) is 37.4. The van der Waals surface area contributed by atoms with E-state index in [9.17, 15) is 9.59 Å². The average Bonchev–Trinajstić information content (AvgIpc) is 3.74. The van der Waals surface area contributed by atoms with E-state index in [0.29, 0.717) is 19.6 Å². The molecule has 0 saturated carbocycles. The standard InChI is InChI=1S/C35H45IN6O4/c1-34(2,3)45-32(43)41(19-17-36)22-30-37-21-28(38-30)25-14-11-23(12-15-25)9-10-24-13-16-26-27(20-24)40-31(39-26)29-8-7-18-42(29)33(44)46-35(4,5)6/h11-12,14-15,20-21,29-30,37-38H,7-8,13,16-19,22H2,1-6H3,(H,39,40)/t29-,30?/m0/s1. The lowest BCUT2D eigenvalue weighted by atomic mass is 10.00. The van der Waals surface area contributed by atoms with E-state index >= 15 is 0 Å². The maximum absolute atomic E-state index is 12.8. The number of aromatic nitrogens is 2. The summed E-state index contributed by atoms with van der Waals surface area (Å²) in [5.41, 5.74) is 4.92. The van der Waals surface area contributed by atoms with Crippen molar-refractivity contribution < 1.29 is 19.1 Å². The second-order valence-corrected chi connectivity index (χ2v) is 14.9. The Labute approximate surface area is 285 Å². The van der Waals surface area contributed by atoms with E-state index in [2.05, 4.69) is 68.3 Å². The number of nitrogens with zero attached hydrogens (tertiary/aromatic N) is 3. The van der Waals surface area contributed by atoms with Gasteiger partial charge in [-0.05, 0) is 91.0 Å². The number of rotatable bonds is 6. The van der Waals surface area contributed by atoms with Crippen molar-refractivity contribution >= 4 is 46.6 Å². The molecule has 5 rings (SSSR count). The first-order valence-corrected chi connectivity index (χ1v) is 17.5. The molecular weight excluding hydrogens is 695 g/mol. The third-order valence-corrected chi connectivity index (χ3v) is 8.19. The predicted octanol–water partition coefficient (Wildman–Crippen LogP) is 6.35. The van der Waals surface area contributed by atoms with Crippen LogP contribution in [0.25, 0.3) is 11.8 Å². The third-order valence-electron chi connectivity index (χ3n) is 7.71.